The smallest absolute Gasteiger partial charge is 0.228 e. The molecule has 0 saturated heterocycles. The highest BCUT2D eigenvalue weighted by atomic mass is 79.9. The Bertz CT molecular complexity index is 544. The fourth-order valence-electron chi connectivity index (χ4n) is 1.48. The molecule has 1 aromatic heterocycles. The van der Waals surface area contributed by atoms with Gasteiger partial charge >= 0.3 is 0 Å². The molecule has 2 rings (SSSR count). The normalized spacial score (nSPS) is 12.7. The molecule has 1 N–H and O–H groups in total. The Hall–Kier alpha value is -1.27. The summed E-state index contributed by atoms with van der Waals surface area (Å²) in [6.45, 7) is 2.03. The van der Waals surface area contributed by atoms with E-state index in [4.69, 9.17) is 4.52 Å². The lowest BCUT2D eigenvalue weighted by Crippen LogP contribution is -2.23. The molecule has 96 valence electrons. The van der Waals surface area contributed by atoms with Gasteiger partial charge in [-0.05, 0) is 48.1 Å². The lowest BCUT2D eigenvalue weighted by Gasteiger charge is -2.04. The zero-order chi connectivity index (χ0) is 13.1. The third-order valence-corrected chi connectivity index (χ3v) is 3.27. The van der Waals surface area contributed by atoms with Gasteiger partial charge in [0.2, 0.25) is 11.7 Å². The second kappa shape index (κ2) is 5.58. The van der Waals surface area contributed by atoms with Crippen molar-refractivity contribution in [3.8, 4) is 11.4 Å². The zero-order valence-corrected chi connectivity index (χ0v) is 11.7. The average Bonchev–Trinajstić information content (AvgIpc) is 2.77. The largest absolute Gasteiger partial charge is 0.339 e. The Morgan fingerprint density at radius 3 is 2.94 bits per heavy atom. The molecular weight excluding hydrogens is 301 g/mol. The Morgan fingerprint density at radius 2 is 2.28 bits per heavy atom. The molecule has 0 bridgehead atoms. The summed E-state index contributed by atoms with van der Waals surface area (Å²) in [5, 5.41) is 6.99. The van der Waals surface area contributed by atoms with Crippen LogP contribution in [0.5, 0.6) is 0 Å². The van der Waals surface area contributed by atoms with E-state index in [9.17, 15) is 4.39 Å². The van der Waals surface area contributed by atoms with E-state index in [0.29, 0.717) is 28.2 Å². The van der Waals surface area contributed by atoms with Crippen LogP contribution in [0.4, 0.5) is 4.39 Å². The summed E-state index contributed by atoms with van der Waals surface area (Å²) in [5.41, 5.74) is 0.712. The van der Waals surface area contributed by atoms with E-state index in [1.165, 1.54) is 12.1 Å². The van der Waals surface area contributed by atoms with Crippen LogP contribution >= 0.6 is 15.9 Å². The molecule has 0 saturated carbocycles. The number of hydrogen-bond donors (Lipinski definition) is 1. The summed E-state index contributed by atoms with van der Waals surface area (Å²) in [5.74, 6) is 0.710. The molecular formula is C12H13BrFN3O. The van der Waals surface area contributed by atoms with Gasteiger partial charge in [0.25, 0.3) is 0 Å². The van der Waals surface area contributed by atoms with Crippen molar-refractivity contribution in [2.24, 2.45) is 0 Å². The number of rotatable bonds is 4. The van der Waals surface area contributed by atoms with Crippen LogP contribution in [0.1, 0.15) is 12.8 Å². The maximum absolute atomic E-state index is 13.0. The lowest BCUT2D eigenvalue weighted by molar-refractivity contribution is 0.365. The molecule has 1 heterocycles. The molecule has 0 aliphatic carbocycles. The lowest BCUT2D eigenvalue weighted by atomic mass is 10.2. The maximum Gasteiger partial charge on any atom is 0.228 e. The summed E-state index contributed by atoms with van der Waals surface area (Å²) >= 11 is 3.28. The summed E-state index contributed by atoms with van der Waals surface area (Å²) < 4.78 is 18.8. The third kappa shape index (κ3) is 2.94. The van der Waals surface area contributed by atoms with Crippen LogP contribution in [0.3, 0.4) is 0 Å². The minimum Gasteiger partial charge on any atom is -0.339 e. The van der Waals surface area contributed by atoms with Crippen LogP contribution < -0.4 is 5.32 Å². The van der Waals surface area contributed by atoms with Crippen LogP contribution in [0.15, 0.2) is 27.2 Å². The molecule has 0 aliphatic rings. The monoisotopic (exact) mass is 313 g/mol. The quantitative estimate of drug-likeness (QED) is 0.943. The van der Waals surface area contributed by atoms with Crippen molar-refractivity contribution in [3.63, 3.8) is 0 Å². The van der Waals surface area contributed by atoms with Crippen LogP contribution in [-0.2, 0) is 6.42 Å². The first-order chi connectivity index (χ1) is 8.60. The molecule has 2 aromatic rings. The molecule has 1 unspecified atom stereocenters. The Balaban J connectivity index is 2.24. The van der Waals surface area contributed by atoms with Gasteiger partial charge in [0, 0.05) is 22.5 Å². The van der Waals surface area contributed by atoms with Crippen molar-refractivity contribution in [2.75, 3.05) is 7.05 Å². The van der Waals surface area contributed by atoms with Gasteiger partial charge in [-0.1, -0.05) is 5.16 Å². The highest BCUT2D eigenvalue weighted by Crippen LogP contribution is 2.26. The Morgan fingerprint density at radius 1 is 1.50 bits per heavy atom. The fourth-order valence-corrected chi connectivity index (χ4v) is 2.01. The summed E-state index contributed by atoms with van der Waals surface area (Å²) in [6.07, 6.45) is 0.655. The van der Waals surface area contributed by atoms with E-state index in [2.05, 4.69) is 31.4 Å². The SMILES string of the molecule is CNC(C)Cc1nc(-c2ccc(F)cc2Br)no1. The van der Waals surface area contributed by atoms with Crippen LogP contribution in [0.25, 0.3) is 11.4 Å². The van der Waals surface area contributed by atoms with Gasteiger partial charge < -0.3 is 9.84 Å². The topological polar surface area (TPSA) is 51.0 Å². The van der Waals surface area contributed by atoms with E-state index in [1.54, 1.807) is 6.07 Å². The number of benzene rings is 1. The number of nitrogens with zero attached hydrogens (tertiary/aromatic N) is 2. The van der Waals surface area contributed by atoms with E-state index < -0.39 is 0 Å². The number of halogens is 2. The van der Waals surface area contributed by atoms with Crippen LogP contribution in [0, 0.1) is 5.82 Å². The fraction of sp³-hybridized carbons (Fsp3) is 0.333. The average molecular weight is 314 g/mol. The summed E-state index contributed by atoms with van der Waals surface area (Å²) in [4.78, 5) is 4.29. The molecule has 18 heavy (non-hydrogen) atoms. The highest BCUT2D eigenvalue weighted by molar-refractivity contribution is 9.10. The number of nitrogens with one attached hydrogen (secondary N) is 1. The van der Waals surface area contributed by atoms with Gasteiger partial charge in [-0.3, -0.25) is 0 Å². The standard InChI is InChI=1S/C12H13BrFN3O/c1-7(15-2)5-11-16-12(17-18-11)9-4-3-8(14)6-10(9)13/h3-4,6-7,15H,5H2,1-2H3. The molecule has 0 amide bonds. The minimum absolute atomic E-state index is 0.259. The molecule has 6 heteroatoms. The summed E-state index contributed by atoms with van der Waals surface area (Å²) in [6, 6.07) is 4.62. The number of hydrogen-bond acceptors (Lipinski definition) is 4. The zero-order valence-electron chi connectivity index (χ0n) is 10.1. The van der Waals surface area contributed by atoms with Gasteiger partial charge in [0.05, 0.1) is 0 Å². The van der Waals surface area contributed by atoms with Crippen molar-refractivity contribution in [1.29, 1.82) is 0 Å². The first-order valence-corrected chi connectivity index (χ1v) is 6.34. The molecule has 0 radical (unpaired) electrons. The molecule has 0 fully saturated rings. The molecule has 4 nitrogen and oxygen atoms in total. The van der Waals surface area contributed by atoms with E-state index >= 15 is 0 Å². The number of likely N-dealkylation sites (N-methyl/N-ethyl adjacent to an activating group) is 1. The van der Waals surface area contributed by atoms with Crippen molar-refractivity contribution >= 4 is 15.9 Å². The predicted molar refractivity (Wildman–Crippen MR) is 69.6 cm³/mol. The molecule has 0 aliphatic heterocycles. The first-order valence-electron chi connectivity index (χ1n) is 5.55. The van der Waals surface area contributed by atoms with Crippen molar-refractivity contribution in [3.05, 3.63) is 34.4 Å². The van der Waals surface area contributed by atoms with E-state index in [0.717, 1.165) is 0 Å². The number of aromatic nitrogens is 2. The second-order valence-corrected chi connectivity index (χ2v) is 4.88. The van der Waals surface area contributed by atoms with Gasteiger partial charge in [0.1, 0.15) is 5.82 Å². The third-order valence-electron chi connectivity index (χ3n) is 2.61. The van der Waals surface area contributed by atoms with E-state index in [-0.39, 0.29) is 11.9 Å². The molecule has 0 spiro atoms. The molecule has 1 aromatic carbocycles. The minimum atomic E-state index is -0.307. The first kappa shape index (κ1) is 13.2. The Kier molecular flexibility index (Phi) is 4.08. The highest BCUT2D eigenvalue weighted by Gasteiger charge is 2.13. The van der Waals surface area contributed by atoms with Crippen LogP contribution in [-0.4, -0.2) is 23.2 Å². The van der Waals surface area contributed by atoms with Gasteiger partial charge in [-0.15, -0.1) is 0 Å². The van der Waals surface area contributed by atoms with Crippen molar-refractivity contribution in [2.45, 2.75) is 19.4 Å². The second-order valence-electron chi connectivity index (χ2n) is 4.03. The van der Waals surface area contributed by atoms with E-state index in [1.807, 2.05) is 14.0 Å². The molecule has 1 atom stereocenters. The summed E-state index contributed by atoms with van der Waals surface area (Å²) in [7, 11) is 1.87. The Labute approximate surface area is 113 Å². The van der Waals surface area contributed by atoms with Crippen molar-refractivity contribution < 1.29 is 8.91 Å². The van der Waals surface area contributed by atoms with Gasteiger partial charge in [0.15, 0.2) is 0 Å². The van der Waals surface area contributed by atoms with Crippen molar-refractivity contribution in [1.82, 2.24) is 15.5 Å². The van der Waals surface area contributed by atoms with Gasteiger partial charge in [-0.25, -0.2) is 4.39 Å². The maximum atomic E-state index is 13.0. The van der Waals surface area contributed by atoms with Crippen LogP contribution in [0.2, 0.25) is 0 Å². The van der Waals surface area contributed by atoms with Gasteiger partial charge in [-0.2, -0.15) is 4.98 Å². The predicted octanol–water partition coefficient (Wildman–Crippen LogP) is 2.79.